The van der Waals surface area contributed by atoms with Crippen LogP contribution in [-0.2, 0) is 17.1 Å². The highest BCUT2D eigenvalue weighted by atomic mass is 32.2. The lowest BCUT2D eigenvalue weighted by Crippen LogP contribution is -2.23. The third-order valence-electron chi connectivity index (χ3n) is 3.31. The molecule has 1 heterocycles. The predicted molar refractivity (Wildman–Crippen MR) is 87.9 cm³/mol. The topological polar surface area (TPSA) is 63.5 Å². The fraction of sp³-hybridized carbons (Fsp3) is 0.133. The van der Waals surface area contributed by atoms with Crippen molar-refractivity contribution < 1.29 is 8.42 Å². The molecular weight excluding hydrogens is 318 g/mol. The number of para-hydroxylation sites is 1. The summed E-state index contributed by atoms with van der Waals surface area (Å²) in [7, 11) is -1.79. The van der Waals surface area contributed by atoms with Crippen molar-refractivity contribution in [1.82, 2.24) is 9.40 Å². The minimum absolute atomic E-state index is 0.200. The monoisotopic (exact) mass is 333 g/mol. The van der Waals surface area contributed by atoms with E-state index >= 15 is 0 Å². The van der Waals surface area contributed by atoms with E-state index < -0.39 is 10.0 Å². The normalized spacial score (nSPS) is 12.7. The Labute approximate surface area is 132 Å². The Morgan fingerprint density at radius 1 is 1.09 bits per heavy atom. The van der Waals surface area contributed by atoms with Gasteiger partial charge in [0.1, 0.15) is 0 Å². The molecule has 114 valence electrons. The van der Waals surface area contributed by atoms with Gasteiger partial charge < -0.3 is 4.57 Å². The van der Waals surface area contributed by atoms with Gasteiger partial charge in [0.25, 0.3) is 10.0 Å². The molecule has 7 heteroatoms. The van der Waals surface area contributed by atoms with E-state index in [1.165, 1.54) is 11.3 Å². The average molecular weight is 333 g/mol. The number of rotatable bonds is 3. The summed E-state index contributed by atoms with van der Waals surface area (Å²) in [6.07, 6.45) is 0. The summed E-state index contributed by atoms with van der Waals surface area (Å²) < 4.78 is 27.4. The highest BCUT2D eigenvalue weighted by Gasteiger charge is 2.12. The van der Waals surface area contributed by atoms with Crippen LogP contribution in [0.25, 0.3) is 10.2 Å². The van der Waals surface area contributed by atoms with Gasteiger partial charge in [0.05, 0.1) is 15.1 Å². The predicted octanol–water partition coefficient (Wildman–Crippen LogP) is 2.34. The Morgan fingerprint density at radius 2 is 1.77 bits per heavy atom. The molecular formula is C15H15N3O2S2. The molecule has 0 bridgehead atoms. The largest absolute Gasteiger partial charge is 0.318 e. The van der Waals surface area contributed by atoms with E-state index in [-0.39, 0.29) is 4.90 Å². The lowest BCUT2D eigenvalue weighted by atomic mass is 10.2. The van der Waals surface area contributed by atoms with Crippen LogP contribution < -0.4 is 9.63 Å². The molecule has 0 saturated heterocycles. The summed E-state index contributed by atoms with van der Waals surface area (Å²) in [6, 6.07) is 14.5. The molecule has 5 nitrogen and oxygen atoms in total. The molecule has 1 N–H and O–H groups in total. The van der Waals surface area contributed by atoms with Crippen molar-refractivity contribution in [2.45, 2.75) is 11.8 Å². The first-order valence-electron chi connectivity index (χ1n) is 6.64. The number of benzene rings is 2. The van der Waals surface area contributed by atoms with Crippen molar-refractivity contribution in [3.05, 3.63) is 58.9 Å². The second-order valence-corrected chi connectivity index (χ2v) is 7.60. The first-order chi connectivity index (χ1) is 10.5. The second kappa shape index (κ2) is 5.58. The molecule has 22 heavy (non-hydrogen) atoms. The third kappa shape index (κ3) is 2.77. The van der Waals surface area contributed by atoms with Gasteiger partial charge in [0.2, 0.25) is 4.80 Å². The third-order valence-corrected chi connectivity index (χ3v) is 5.64. The lowest BCUT2D eigenvalue weighted by molar-refractivity contribution is 0.582. The van der Waals surface area contributed by atoms with Gasteiger partial charge in [0, 0.05) is 7.05 Å². The van der Waals surface area contributed by atoms with Crippen molar-refractivity contribution >= 4 is 31.6 Å². The van der Waals surface area contributed by atoms with Crippen molar-refractivity contribution in [3.63, 3.8) is 0 Å². The molecule has 0 fully saturated rings. The number of fused-ring (bicyclic) bond motifs is 1. The minimum Gasteiger partial charge on any atom is -0.318 e. The molecule has 0 saturated carbocycles. The maximum atomic E-state index is 12.2. The van der Waals surface area contributed by atoms with Crippen molar-refractivity contribution in [2.75, 3.05) is 0 Å². The van der Waals surface area contributed by atoms with Crippen LogP contribution in [0.2, 0.25) is 0 Å². The number of sulfonamides is 1. The first-order valence-corrected chi connectivity index (χ1v) is 8.94. The van der Waals surface area contributed by atoms with Crippen LogP contribution in [0.15, 0.2) is 58.5 Å². The number of hydrogen-bond acceptors (Lipinski definition) is 4. The summed E-state index contributed by atoms with van der Waals surface area (Å²) >= 11 is 1.43. The maximum absolute atomic E-state index is 12.2. The van der Waals surface area contributed by atoms with Crippen LogP contribution in [0, 0.1) is 6.92 Å². The van der Waals surface area contributed by atoms with E-state index in [9.17, 15) is 8.42 Å². The Kier molecular flexibility index (Phi) is 3.76. The van der Waals surface area contributed by atoms with Crippen LogP contribution in [0.5, 0.6) is 0 Å². The molecule has 3 rings (SSSR count). The number of hydrogen-bond donors (Lipinski definition) is 1. The molecule has 0 amide bonds. The Hall–Kier alpha value is -2.12. The lowest BCUT2D eigenvalue weighted by Gasteiger charge is -2.03. The molecule has 0 aliphatic carbocycles. The van der Waals surface area contributed by atoms with Crippen LogP contribution in [0.1, 0.15) is 5.56 Å². The molecule has 0 aliphatic rings. The van der Waals surface area contributed by atoms with Crippen molar-refractivity contribution in [2.24, 2.45) is 12.1 Å². The molecule has 0 radical (unpaired) electrons. The Morgan fingerprint density at radius 3 is 2.45 bits per heavy atom. The van der Waals surface area contributed by atoms with Crippen LogP contribution >= 0.6 is 11.3 Å². The van der Waals surface area contributed by atoms with Crippen molar-refractivity contribution in [3.8, 4) is 0 Å². The number of nitrogens with one attached hydrogen (secondary N) is 1. The van der Waals surface area contributed by atoms with Gasteiger partial charge in [-0.25, -0.2) is 0 Å². The standard InChI is InChI=1S/C15H15N3O2S2/c1-11-7-9-12(10-8-11)22(19,20)17-16-15-18(2)13-5-3-4-6-14(13)21-15/h3-10,17H,1-2H3/b16-15-. The smallest absolute Gasteiger partial charge is 0.276 e. The molecule has 0 aliphatic heterocycles. The van der Waals surface area contributed by atoms with Crippen LogP contribution in [-0.4, -0.2) is 13.0 Å². The Balaban J connectivity index is 1.98. The van der Waals surface area contributed by atoms with E-state index in [1.807, 2.05) is 42.8 Å². The summed E-state index contributed by atoms with van der Waals surface area (Å²) in [5.74, 6) is 0. The zero-order valence-electron chi connectivity index (χ0n) is 12.1. The van der Waals surface area contributed by atoms with Gasteiger partial charge in [-0.15, -0.1) is 5.10 Å². The van der Waals surface area contributed by atoms with E-state index in [4.69, 9.17) is 0 Å². The zero-order valence-corrected chi connectivity index (χ0v) is 13.8. The molecule has 1 aromatic heterocycles. The molecule has 2 aromatic carbocycles. The first kappa shape index (κ1) is 14.8. The average Bonchev–Trinajstić information content (AvgIpc) is 2.83. The van der Waals surface area contributed by atoms with Gasteiger partial charge in [-0.05, 0) is 31.2 Å². The van der Waals surface area contributed by atoms with E-state index in [2.05, 4.69) is 9.93 Å². The van der Waals surface area contributed by atoms with Gasteiger partial charge in [-0.2, -0.15) is 13.2 Å². The van der Waals surface area contributed by atoms with Crippen LogP contribution in [0.3, 0.4) is 0 Å². The summed E-state index contributed by atoms with van der Waals surface area (Å²) in [5.41, 5.74) is 2.02. The molecule has 3 aromatic rings. The van der Waals surface area contributed by atoms with E-state index in [1.54, 1.807) is 24.3 Å². The van der Waals surface area contributed by atoms with Gasteiger partial charge in [-0.3, -0.25) is 0 Å². The van der Waals surface area contributed by atoms with Crippen LogP contribution in [0.4, 0.5) is 0 Å². The molecule has 0 atom stereocenters. The van der Waals surface area contributed by atoms with Gasteiger partial charge in [0.15, 0.2) is 0 Å². The second-order valence-electron chi connectivity index (χ2n) is 4.93. The van der Waals surface area contributed by atoms with Gasteiger partial charge in [-0.1, -0.05) is 41.2 Å². The fourth-order valence-electron chi connectivity index (χ4n) is 2.06. The van der Waals surface area contributed by atoms with Crippen molar-refractivity contribution in [1.29, 1.82) is 0 Å². The van der Waals surface area contributed by atoms with E-state index in [0.717, 1.165) is 15.8 Å². The SMILES string of the molecule is Cc1ccc(S(=O)(=O)N/N=c2\sc3ccccc3n2C)cc1. The molecule has 0 unspecified atom stereocenters. The Bertz CT molecular complexity index is 984. The fourth-order valence-corrected chi connectivity index (χ4v) is 3.90. The van der Waals surface area contributed by atoms with Gasteiger partial charge >= 0.3 is 0 Å². The molecule has 0 spiro atoms. The maximum Gasteiger partial charge on any atom is 0.276 e. The summed E-state index contributed by atoms with van der Waals surface area (Å²) in [4.78, 5) is 3.09. The zero-order chi connectivity index (χ0) is 15.7. The highest BCUT2D eigenvalue weighted by Crippen LogP contribution is 2.15. The number of thiazole rings is 1. The quantitative estimate of drug-likeness (QED) is 0.748. The summed E-state index contributed by atoms with van der Waals surface area (Å²) in [6.45, 7) is 1.91. The number of aryl methyl sites for hydroxylation is 2. The van der Waals surface area contributed by atoms with E-state index in [0.29, 0.717) is 4.80 Å². The number of aromatic nitrogens is 1. The summed E-state index contributed by atoms with van der Waals surface area (Å²) in [5, 5.41) is 4.06. The number of nitrogens with zero attached hydrogens (tertiary/aromatic N) is 2. The minimum atomic E-state index is -3.65. The highest BCUT2D eigenvalue weighted by molar-refractivity contribution is 7.89.